The number of carbonyl (C=O) groups excluding carboxylic acids is 2. The van der Waals surface area contributed by atoms with Crippen molar-refractivity contribution in [3.05, 3.63) is 24.3 Å². The van der Waals surface area contributed by atoms with E-state index >= 15 is 0 Å². The fraction of sp³-hybridized carbons (Fsp3) is 0.467. The van der Waals surface area contributed by atoms with Crippen LogP contribution in [0.5, 0.6) is 0 Å². The average Bonchev–Trinajstić information content (AvgIpc) is 2.53. The lowest BCUT2D eigenvalue weighted by Gasteiger charge is -2.40. The van der Waals surface area contributed by atoms with Gasteiger partial charge in [0, 0.05) is 36.5 Å². The van der Waals surface area contributed by atoms with Crippen molar-refractivity contribution in [2.24, 2.45) is 0 Å². The molecule has 0 saturated carbocycles. The van der Waals surface area contributed by atoms with Crippen molar-refractivity contribution in [3.8, 4) is 0 Å². The fourth-order valence-electron chi connectivity index (χ4n) is 2.72. The first kappa shape index (κ1) is 14.8. The Kier molecular flexibility index (Phi) is 3.92. The normalized spacial score (nSPS) is 25.7. The van der Waals surface area contributed by atoms with E-state index in [1.54, 1.807) is 18.9 Å². The molecule has 0 aromatic heterocycles. The molecule has 0 unspecified atom stereocenters. The van der Waals surface area contributed by atoms with Gasteiger partial charge in [0.2, 0.25) is 5.91 Å². The van der Waals surface area contributed by atoms with E-state index < -0.39 is 4.75 Å². The summed E-state index contributed by atoms with van der Waals surface area (Å²) in [5.41, 5.74) is 0.881. The van der Waals surface area contributed by atoms with Crippen LogP contribution >= 0.6 is 23.5 Å². The number of carbonyl (C=O) groups is 2. The van der Waals surface area contributed by atoms with E-state index in [-0.39, 0.29) is 11.8 Å². The first-order valence-corrected chi connectivity index (χ1v) is 8.94. The SMILES string of the molecule is CN1C(=O)[C@](C)(C(=O)N2CCSCC2)Sc2ccccc21. The number of thioether (sulfide) groups is 2. The van der Waals surface area contributed by atoms with E-state index in [1.807, 2.05) is 40.9 Å². The van der Waals surface area contributed by atoms with Gasteiger partial charge in [-0.05, 0) is 19.1 Å². The number of hydrogen-bond acceptors (Lipinski definition) is 4. The molecule has 1 aromatic rings. The second-order valence-electron chi connectivity index (χ2n) is 5.37. The molecule has 3 rings (SSSR count). The molecule has 0 spiro atoms. The zero-order valence-corrected chi connectivity index (χ0v) is 13.8. The van der Waals surface area contributed by atoms with E-state index in [0.29, 0.717) is 0 Å². The molecule has 0 radical (unpaired) electrons. The summed E-state index contributed by atoms with van der Waals surface area (Å²) in [5, 5.41) is 0. The highest BCUT2D eigenvalue weighted by molar-refractivity contribution is 8.02. The highest BCUT2D eigenvalue weighted by Gasteiger charge is 2.50. The van der Waals surface area contributed by atoms with Crippen molar-refractivity contribution in [2.45, 2.75) is 16.6 Å². The van der Waals surface area contributed by atoms with Gasteiger partial charge >= 0.3 is 0 Å². The number of nitrogens with zero attached hydrogens (tertiary/aromatic N) is 2. The number of rotatable bonds is 1. The quantitative estimate of drug-likeness (QED) is 0.743. The smallest absolute Gasteiger partial charge is 0.252 e. The van der Waals surface area contributed by atoms with Crippen LogP contribution in [0.15, 0.2) is 29.2 Å². The third kappa shape index (κ3) is 2.44. The summed E-state index contributed by atoms with van der Waals surface area (Å²) >= 11 is 3.24. The summed E-state index contributed by atoms with van der Waals surface area (Å²) in [6, 6.07) is 7.75. The number of para-hydroxylation sites is 1. The highest BCUT2D eigenvalue weighted by atomic mass is 32.2. The summed E-state index contributed by atoms with van der Waals surface area (Å²) in [6.07, 6.45) is 0. The molecule has 2 heterocycles. The minimum atomic E-state index is -1.05. The molecule has 0 bridgehead atoms. The zero-order chi connectivity index (χ0) is 15.0. The summed E-state index contributed by atoms with van der Waals surface area (Å²) in [6.45, 7) is 3.23. The second-order valence-corrected chi connectivity index (χ2v) is 8.06. The van der Waals surface area contributed by atoms with Gasteiger partial charge in [-0.2, -0.15) is 11.8 Å². The van der Waals surface area contributed by atoms with Crippen molar-refractivity contribution in [3.63, 3.8) is 0 Å². The van der Waals surface area contributed by atoms with E-state index in [2.05, 4.69) is 0 Å². The van der Waals surface area contributed by atoms with Gasteiger partial charge in [-0.15, -0.1) is 0 Å². The minimum Gasteiger partial charge on any atom is -0.339 e. The molecule has 1 saturated heterocycles. The van der Waals surface area contributed by atoms with Crippen LogP contribution in [0.4, 0.5) is 5.69 Å². The molecule has 112 valence electrons. The Morgan fingerprint density at radius 2 is 1.90 bits per heavy atom. The van der Waals surface area contributed by atoms with Gasteiger partial charge in [-0.25, -0.2) is 0 Å². The first-order valence-electron chi connectivity index (χ1n) is 6.97. The van der Waals surface area contributed by atoms with Crippen molar-refractivity contribution in [1.82, 2.24) is 4.90 Å². The average molecular weight is 322 g/mol. The van der Waals surface area contributed by atoms with Gasteiger partial charge in [-0.3, -0.25) is 9.59 Å². The third-order valence-electron chi connectivity index (χ3n) is 3.96. The largest absolute Gasteiger partial charge is 0.339 e. The molecular weight excluding hydrogens is 304 g/mol. The highest BCUT2D eigenvalue weighted by Crippen LogP contribution is 2.45. The summed E-state index contributed by atoms with van der Waals surface area (Å²) in [4.78, 5) is 30.1. The van der Waals surface area contributed by atoms with Crippen molar-refractivity contribution in [2.75, 3.05) is 36.5 Å². The van der Waals surface area contributed by atoms with Gasteiger partial charge in [0.25, 0.3) is 5.91 Å². The zero-order valence-electron chi connectivity index (χ0n) is 12.2. The molecule has 21 heavy (non-hydrogen) atoms. The topological polar surface area (TPSA) is 40.6 Å². The maximum Gasteiger partial charge on any atom is 0.252 e. The third-order valence-corrected chi connectivity index (χ3v) is 6.22. The Morgan fingerprint density at radius 3 is 2.62 bits per heavy atom. The lowest BCUT2D eigenvalue weighted by Crippen LogP contribution is -2.57. The Hall–Kier alpha value is -1.14. The van der Waals surface area contributed by atoms with Crippen LogP contribution in [-0.4, -0.2) is 53.1 Å². The Bertz CT molecular complexity index is 587. The molecule has 2 aliphatic rings. The molecular formula is C15H18N2O2S2. The van der Waals surface area contributed by atoms with Crippen molar-refractivity contribution in [1.29, 1.82) is 0 Å². The van der Waals surface area contributed by atoms with Crippen LogP contribution in [0.3, 0.4) is 0 Å². The van der Waals surface area contributed by atoms with Crippen LogP contribution in [0.25, 0.3) is 0 Å². The molecule has 1 fully saturated rings. The van der Waals surface area contributed by atoms with Crippen LogP contribution in [0.2, 0.25) is 0 Å². The van der Waals surface area contributed by atoms with E-state index in [9.17, 15) is 9.59 Å². The molecule has 2 amide bonds. The molecule has 1 aromatic carbocycles. The summed E-state index contributed by atoms with van der Waals surface area (Å²) in [7, 11) is 1.75. The van der Waals surface area contributed by atoms with E-state index in [0.717, 1.165) is 35.2 Å². The van der Waals surface area contributed by atoms with Crippen molar-refractivity contribution >= 4 is 41.0 Å². The molecule has 2 aliphatic heterocycles. The molecule has 0 N–H and O–H groups in total. The second kappa shape index (κ2) is 5.57. The van der Waals surface area contributed by atoms with Gasteiger partial charge in [-0.1, -0.05) is 23.9 Å². The molecule has 6 heteroatoms. The first-order chi connectivity index (χ1) is 10.0. The standard InChI is InChI=1S/C15H18N2O2S2/c1-15(14(19)17-7-9-20-10-8-17)13(18)16(2)11-5-3-4-6-12(11)21-15/h3-6H,7-10H2,1-2H3/t15-/m1/s1. The van der Waals surface area contributed by atoms with Gasteiger partial charge in [0.15, 0.2) is 4.75 Å². The Labute approximate surface area is 133 Å². The lowest BCUT2D eigenvalue weighted by atomic mass is 10.1. The maximum absolute atomic E-state index is 12.9. The van der Waals surface area contributed by atoms with Crippen LogP contribution in [-0.2, 0) is 9.59 Å². The number of fused-ring (bicyclic) bond motifs is 1. The Balaban J connectivity index is 1.94. The van der Waals surface area contributed by atoms with Crippen molar-refractivity contribution < 1.29 is 9.59 Å². The maximum atomic E-state index is 12.9. The summed E-state index contributed by atoms with van der Waals surface area (Å²) < 4.78 is -1.05. The predicted molar refractivity (Wildman–Crippen MR) is 88.0 cm³/mol. The number of amides is 2. The van der Waals surface area contributed by atoms with Crippen LogP contribution in [0.1, 0.15) is 6.92 Å². The number of anilines is 1. The predicted octanol–water partition coefficient (Wildman–Crippen LogP) is 2.09. The number of hydrogen-bond donors (Lipinski definition) is 0. The van der Waals surface area contributed by atoms with E-state index in [1.165, 1.54) is 11.8 Å². The lowest BCUT2D eigenvalue weighted by molar-refractivity contribution is -0.138. The van der Waals surface area contributed by atoms with Gasteiger partial charge in [0.1, 0.15) is 0 Å². The fourth-order valence-corrected chi connectivity index (χ4v) is 4.96. The molecule has 0 aliphatic carbocycles. The van der Waals surface area contributed by atoms with E-state index in [4.69, 9.17) is 0 Å². The Morgan fingerprint density at radius 1 is 1.24 bits per heavy atom. The molecule has 4 nitrogen and oxygen atoms in total. The van der Waals surface area contributed by atoms with Crippen LogP contribution in [0, 0.1) is 0 Å². The minimum absolute atomic E-state index is 0.0563. The van der Waals surface area contributed by atoms with Crippen LogP contribution < -0.4 is 4.90 Å². The molecule has 1 atom stereocenters. The van der Waals surface area contributed by atoms with Gasteiger partial charge < -0.3 is 9.80 Å². The monoisotopic (exact) mass is 322 g/mol. The van der Waals surface area contributed by atoms with Gasteiger partial charge in [0.05, 0.1) is 5.69 Å². The summed E-state index contributed by atoms with van der Waals surface area (Å²) in [5.74, 6) is 1.72. The number of benzene rings is 1.